The number of carbonyl (C=O) groups is 2. The maximum Gasteiger partial charge on any atom is 0.371 e. The second kappa shape index (κ2) is 6.06. The molecule has 2 rings (SSSR count). The second-order valence-corrected chi connectivity index (χ2v) is 4.51. The Kier molecular flexibility index (Phi) is 4.20. The lowest BCUT2D eigenvalue weighted by Gasteiger charge is -2.04. The van der Waals surface area contributed by atoms with Crippen LogP contribution in [0.25, 0.3) is 0 Å². The fourth-order valence-electron chi connectivity index (χ4n) is 1.84. The maximum atomic E-state index is 11.8. The minimum absolute atomic E-state index is 0.132. The average Bonchev–Trinajstić information content (AvgIpc) is 2.85. The lowest BCUT2D eigenvalue weighted by Crippen LogP contribution is -2.24. The molecule has 0 saturated heterocycles. The lowest BCUT2D eigenvalue weighted by molar-refractivity contribution is -0.120. The SMILES string of the molecule is Cc1cccc(CC(=O)NCc2ccc(C(=O)O)o2)c1. The van der Waals surface area contributed by atoms with Crippen molar-refractivity contribution < 1.29 is 19.1 Å². The zero-order chi connectivity index (χ0) is 14.5. The summed E-state index contributed by atoms with van der Waals surface area (Å²) >= 11 is 0. The molecular formula is C15H15NO4. The van der Waals surface area contributed by atoms with Crippen molar-refractivity contribution in [3.63, 3.8) is 0 Å². The molecule has 1 heterocycles. The van der Waals surface area contributed by atoms with Crippen LogP contribution in [-0.2, 0) is 17.8 Å². The minimum atomic E-state index is -1.12. The highest BCUT2D eigenvalue weighted by atomic mass is 16.4. The van der Waals surface area contributed by atoms with Gasteiger partial charge in [-0.05, 0) is 24.6 Å². The van der Waals surface area contributed by atoms with Gasteiger partial charge < -0.3 is 14.8 Å². The second-order valence-electron chi connectivity index (χ2n) is 4.51. The molecule has 0 saturated carbocycles. The van der Waals surface area contributed by atoms with E-state index >= 15 is 0 Å². The van der Waals surface area contributed by atoms with E-state index in [1.54, 1.807) is 0 Å². The first kappa shape index (κ1) is 13.9. The fourth-order valence-corrected chi connectivity index (χ4v) is 1.84. The van der Waals surface area contributed by atoms with Crippen molar-refractivity contribution in [1.82, 2.24) is 5.32 Å². The molecule has 5 heteroatoms. The molecule has 0 radical (unpaired) electrons. The van der Waals surface area contributed by atoms with E-state index < -0.39 is 5.97 Å². The Morgan fingerprint density at radius 1 is 1.25 bits per heavy atom. The van der Waals surface area contributed by atoms with Gasteiger partial charge in [-0.25, -0.2) is 4.79 Å². The summed E-state index contributed by atoms with van der Waals surface area (Å²) in [6, 6.07) is 10.6. The van der Waals surface area contributed by atoms with Gasteiger partial charge in [0.1, 0.15) is 5.76 Å². The number of rotatable bonds is 5. The molecular weight excluding hydrogens is 258 g/mol. The summed E-state index contributed by atoms with van der Waals surface area (Å²) in [5.74, 6) is -0.973. The third kappa shape index (κ3) is 3.71. The normalized spacial score (nSPS) is 10.2. The molecule has 5 nitrogen and oxygen atoms in total. The van der Waals surface area contributed by atoms with E-state index in [-0.39, 0.29) is 24.6 Å². The van der Waals surface area contributed by atoms with Gasteiger partial charge in [0.25, 0.3) is 0 Å². The Morgan fingerprint density at radius 3 is 2.70 bits per heavy atom. The highest BCUT2D eigenvalue weighted by Crippen LogP contribution is 2.08. The number of hydrogen-bond acceptors (Lipinski definition) is 3. The van der Waals surface area contributed by atoms with Crippen LogP contribution in [0.15, 0.2) is 40.8 Å². The molecule has 0 unspecified atom stereocenters. The smallest absolute Gasteiger partial charge is 0.371 e. The van der Waals surface area contributed by atoms with Gasteiger partial charge in [0.15, 0.2) is 0 Å². The van der Waals surface area contributed by atoms with Gasteiger partial charge in [-0.15, -0.1) is 0 Å². The van der Waals surface area contributed by atoms with Crippen LogP contribution in [0.4, 0.5) is 0 Å². The summed E-state index contributed by atoms with van der Waals surface area (Å²) in [4.78, 5) is 22.4. The number of carboxylic acid groups (broad SMARTS) is 1. The number of carbonyl (C=O) groups excluding carboxylic acids is 1. The van der Waals surface area contributed by atoms with E-state index in [0.29, 0.717) is 5.76 Å². The molecule has 1 aromatic carbocycles. The van der Waals surface area contributed by atoms with Gasteiger partial charge in [0.05, 0.1) is 13.0 Å². The zero-order valence-corrected chi connectivity index (χ0v) is 11.1. The summed E-state index contributed by atoms with van der Waals surface area (Å²) in [5, 5.41) is 11.4. The van der Waals surface area contributed by atoms with Crippen LogP contribution < -0.4 is 5.32 Å². The standard InChI is InChI=1S/C15H15NO4/c1-10-3-2-4-11(7-10)8-14(17)16-9-12-5-6-13(20-12)15(18)19/h2-7H,8-9H2,1H3,(H,16,17)(H,18,19). The van der Waals surface area contributed by atoms with Crippen molar-refractivity contribution >= 4 is 11.9 Å². The topological polar surface area (TPSA) is 79.5 Å². The van der Waals surface area contributed by atoms with Crippen LogP contribution in [0.2, 0.25) is 0 Å². The van der Waals surface area contributed by atoms with Crippen LogP contribution in [0, 0.1) is 6.92 Å². The van der Waals surface area contributed by atoms with Crippen molar-refractivity contribution in [1.29, 1.82) is 0 Å². The molecule has 0 aliphatic rings. The third-order valence-corrected chi connectivity index (χ3v) is 2.78. The zero-order valence-electron chi connectivity index (χ0n) is 11.1. The molecule has 0 bridgehead atoms. The van der Waals surface area contributed by atoms with Crippen molar-refractivity contribution in [3.05, 3.63) is 59.0 Å². The fraction of sp³-hybridized carbons (Fsp3) is 0.200. The Labute approximate surface area is 116 Å². The lowest BCUT2D eigenvalue weighted by atomic mass is 10.1. The van der Waals surface area contributed by atoms with Crippen molar-refractivity contribution in [2.45, 2.75) is 19.9 Å². The highest BCUT2D eigenvalue weighted by Gasteiger charge is 2.10. The maximum absolute atomic E-state index is 11.8. The largest absolute Gasteiger partial charge is 0.475 e. The first-order valence-electron chi connectivity index (χ1n) is 6.19. The van der Waals surface area contributed by atoms with Gasteiger partial charge in [0.2, 0.25) is 11.7 Å². The van der Waals surface area contributed by atoms with E-state index in [9.17, 15) is 9.59 Å². The van der Waals surface area contributed by atoms with E-state index in [4.69, 9.17) is 9.52 Å². The Morgan fingerprint density at radius 2 is 2.05 bits per heavy atom. The molecule has 0 aliphatic heterocycles. The Bertz CT molecular complexity index is 630. The van der Waals surface area contributed by atoms with Crippen LogP contribution >= 0.6 is 0 Å². The molecule has 1 aromatic heterocycles. The average molecular weight is 273 g/mol. The third-order valence-electron chi connectivity index (χ3n) is 2.78. The Balaban J connectivity index is 1.87. The summed E-state index contributed by atoms with van der Waals surface area (Å²) < 4.78 is 5.05. The quantitative estimate of drug-likeness (QED) is 0.874. The van der Waals surface area contributed by atoms with Crippen LogP contribution in [0.3, 0.4) is 0 Å². The monoisotopic (exact) mass is 273 g/mol. The number of nitrogens with one attached hydrogen (secondary N) is 1. The molecule has 0 spiro atoms. The first-order chi connectivity index (χ1) is 9.54. The first-order valence-corrected chi connectivity index (χ1v) is 6.19. The number of aromatic carboxylic acids is 1. The minimum Gasteiger partial charge on any atom is -0.475 e. The molecule has 1 amide bonds. The number of benzene rings is 1. The predicted molar refractivity (Wildman–Crippen MR) is 72.4 cm³/mol. The molecule has 0 atom stereocenters. The van der Waals surface area contributed by atoms with E-state index in [1.807, 2.05) is 31.2 Å². The van der Waals surface area contributed by atoms with Crippen LogP contribution in [0.1, 0.15) is 27.4 Å². The molecule has 20 heavy (non-hydrogen) atoms. The summed E-state index contributed by atoms with van der Waals surface area (Å²) in [5.41, 5.74) is 2.04. The summed E-state index contributed by atoms with van der Waals surface area (Å²) in [6.07, 6.45) is 0.286. The van der Waals surface area contributed by atoms with E-state index in [2.05, 4.69) is 5.32 Å². The van der Waals surface area contributed by atoms with Gasteiger partial charge >= 0.3 is 5.97 Å². The number of carboxylic acids is 1. The number of aryl methyl sites for hydroxylation is 1. The van der Waals surface area contributed by atoms with Crippen molar-refractivity contribution in [2.75, 3.05) is 0 Å². The van der Waals surface area contributed by atoms with E-state index in [1.165, 1.54) is 12.1 Å². The van der Waals surface area contributed by atoms with Gasteiger partial charge in [-0.3, -0.25) is 4.79 Å². The molecule has 104 valence electrons. The molecule has 0 fully saturated rings. The van der Waals surface area contributed by atoms with Gasteiger partial charge in [-0.2, -0.15) is 0 Å². The Hall–Kier alpha value is -2.56. The van der Waals surface area contributed by atoms with E-state index in [0.717, 1.165) is 11.1 Å². The van der Waals surface area contributed by atoms with Crippen molar-refractivity contribution in [3.8, 4) is 0 Å². The number of amides is 1. The van der Waals surface area contributed by atoms with Gasteiger partial charge in [-0.1, -0.05) is 29.8 Å². The number of hydrogen-bond donors (Lipinski definition) is 2. The predicted octanol–water partition coefficient (Wildman–Crippen LogP) is 2.15. The van der Waals surface area contributed by atoms with Crippen molar-refractivity contribution in [2.24, 2.45) is 0 Å². The van der Waals surface area contributed by atoms with Crippen LogP contribution in [-0.4, -0.2) is 17.0 Å². The highest BCUT2D eigenvalue weighted by molar-refractivity contribution is 5.84. The molecule has 2 N–H and O–H groups in total. The summed E-state index contributed by atoms with van der Waals surface area (Å²) in [7, 11) is 0. The summed E-state index contributed by atoms with van der Waals surface area (Å²) in [6.45, 7) is 2.15. The molecule has 2 aromatic rings. The van der Waals surface area contributed by atoms with Crippen LogP contribution in [0.5, 0.6) is 0 Å². The number of furan rings is 1. The molecule has 0 aliphatic carbocycles. The van der Waals surface area contributed by atoms with Gasteiger partial charge in [0, 0.05) is 0 Å².